The second kappa shape index (κ2) is 7.09. The molecule has 2 atom stereocenters. The molecule has 0 aliphatic rings. The van der Waals surface area contributed by atoms with Gasteiger partial charge in [0, 0.05) is 0 Å². The minimum Gasteiger partial charge on any atom is -0.0741 e. The minimum atomic E-state index is 0.775. The van der Waals surface area contributed by atoms with Crippen molar-refractivity contribution in [2.24, 2.45) is 11.8 Å². The molecule has 0 radical (unpaired) electrons. The maximum Gasteiger partial charge on any atom is -0.0229 e. The Hall–Kier alpha value is -0.260. The highest BCUT2D eigenvalue weighted by molar-refractivity contribution is 5.12. The summed E-state index contributed by atoms with van der Waals surface area (Å²) in [4.78, 5) is 0. The van der Waals surface area contributed by atoms with Crippen molar-refractivity contribution in [3.05, 3.63) is 11.1 Å². The fourth-order valence-electron chi connectivity index (χ4n) is 1.94. The molecule has 0 bridgehead atoms. The van der Waals surface area contributed by atoms with Gasteiger partial charge in [0.15, 0.2) is 0 Å². The van der Waals surface area contributed by atoms with E-state index in [1.165, 1.54) is 25.7 Å². The van der Waals surface area contributed by atoms with Crippen molar-refractivity contribution in [2.45, 2.75) is 67.2 Å². The maximum atomic E-state index is 2.38. The quantitative estimate of drug-likeness (QED) is 0.512. The van der Waals surface area contributed by atoms with Gasteiger partial charge in [-0.25, -0.2) is 0 Å². The van der Waals surface area contributed by atoms with Crippen LogP contribution < -0.4 is 0 Å². The van der Waals surface area contributed by atoms with Crippen molar-refractivity contribution in [2.75, 3.05) is 0 Å². The molecule has 0 heteroatoms. The molecule has 0 aliphatic heterocycles. The Morgan fingerprint density at radius 1 is 1.07 bits per heavy atom. The third kappa shape index (κ3) is 4.83. The molecule has 0 saturated heterocycles. The van der Waals surface area contributed by atoms with Gasteiger partial charge < -0.3 is 0 Å². The molecule has 84 valence electrons. The van der Waals surface area contributed by atoms with Crippen LogP contribution in [-0.2, 0) is 0 Å². The van der Waals surface area contributed by atoms with Gasteiger partial charge in [-0.2, -0.15) is 0 Å². The summed E-state index contributed by atoms with van der Waals surface area (Å²) in [6.07, 6.45) is 5.21. The highest BCUT2D eigenvalue weighted by Gasteiger charge is 2.10. The Morgan fingerprint density at radius 3 is 2.07 bits per heavy atom. The van der Waals surface area contributed by atoms with Crippen LogP contribution in [0.3, 0.4) is 0 Å². The zero-order chi connectivity index (χ0) is 11.1. The summed E-state index contributed by atoms with van der Waals surface area (Å²) in [6.45, 7) is 13.9. The van der Waals surface area contributed by atoms with E-state index in [0.29, 0.717) is 0 Å². The molecule has 0 aliphatic carbocycles. The van der Waals surface area contributed by atoms with Crippen molar-refractivity contribution in [3.63, 3.8) is 0 Å². The van der Waals surface area contributed by atoms with Crippen LogP contribution in [0.25, 0.3) is 0 Å². The first-order chi connectivity index (χ1) is 6.52. The summed E-state index contributed by atoms with van der Waals surface area (Å²) in [5.74, 6) is 1.64. The number of rotatable bonds is 6. The zero-order valence-corrected chi connectivity index (χ0v) is 11.0. The van der Waals surface area contributed by atoms with E-state index in [9.17, 15) is 0 Å². The van der Waals surface area contributed by atoms with Gasteiger partial charge >= 0.3 is 0 Å². The molecular weight excluding hydrogens is 168 g/mol. The lowest BCUT2D eigenvalue weighted by molar-refractivity contribution is 0.439. The normalized spacial score (nSPS) is 17.6. The topological polar surface area (TPSA) is 0 Å². The van der Waals surface area contributed by atoms with E-state index in [-0.39, 0.29) is 0 Å². The summed E-state index contributed by atoms with van der Waals surface area (Å²) in [5, 5.41) is 0. The van der Waals surface area contributed by atoms with E-state index < -0.39 is 0 Å². The SMILES string of the molecule is CCCC(C)=C(C)C(C)CC(C)CC. The highest BCUT2D eigenvalue weighted by atomic mass is 14.2. The maximum absolute atomic E-state index is 2.38. The molecular formula is C14H28. The number of hydrogen-bond acceptors (Lipinski definition) is 0. The molecule has 0 amide bonds. The van der Waals surface area contributed by atoms with Crippen LogP contribution in [0.1, 0.15) is 67.2 Å². The smallest absolute Gasteiger partial charge is 0.0229 e. The van der Waals surface area contributed by atoms with Crippen LogP contribution in [-0.4, -0.2) is 0 Å². The first kappa shape index (κ1) is 13.7. The van der Waals surface area contributed by atoms with Gasteiger partial charge in [0.25, 0.3) is 0 Å². The van der Waals surface area contributed by atoms with Crippen molar-refractivity contribution in [1.82, 2.24) is 0 Å². The van der Waals surface area contributed by atoms with Gasteiger partial charge in [0.2, 0.25) is 0 Å². The second-order valence-electron chi connectivity index (χ2n) is 4.86. The lowest BCUT2D eigenvalue weighted by Crippen LogP contribution is -2.05. The molecule has 0 N–H and O–H groups in total. The fraction of sp³-hybridized carbons (Fsp3) is 0.857. The van der Waals surface area contributed by atoms with Crippen LogP contribution in [0.2, 0.25) is 0 Å². The molecule has 0 saturated carbocycles. The van der Waals surface area contributed by atoms with E-state index in [1.807, 2.05) is 0 Å². The molecule has 0 aromatic heterocycles. The number of allylic oxidation sites excluding steroid dienone is 2. The summed E-state index contributed by atoms with van der Waals surface area (Å²) in [7, 11) is 0. The van der Waals surface area contributed by atoms with Gasteiger partial charge in [-0.15, -0.1) is 0 Å². The van der Waals surface area contributed by atoms with Crippen LogP contribution in [0.5, 0.6) is 0 Å². The number of hydrogen-bond donors (Lipinski definition) is 0. The average Bonchev–Trinajstić information content (AvgIpc) is 2.16. The summed E-state index contributed by atoms with van der Waals surface area (Å²) < 4.78 is 0. The Kier molecular flexibility index (Phi) is 6.96. The lowest BCUT2D eigenvalue weighted by atomic mass is 9.87. The van der Waals surface area contributed by atoms with E-state index in [2.05, 4.69) is 41.5 Å². The van der Waals surface area contributed by atoms with Crippen LogP contribution >= 0.6 is 0 Å². The zero-order valence-electron chi connectivity index (χ0n) is 11.0. The largest absolute Gasteiger partial charge is 0.0741 e. The predicted octanol–water partition coefficient (Wildman–Crippen LogP) is 5.20. The van der Waals surface area contributed by atoms with E-state index in [1.54, 1.807) is 11.1 Å². The molecule has 0 spiro atoms. The van der Waals surface area contributed by atoms with E-state index in [4.69, 9.17) is 0 Å². The van der Waals surface area contributed by atoms with Gasteiger partial charge in [-0.05, 0) is 38.5 Å². The second-order valence-corrected chi connectivity index (χ2v) is 4.86. The molecule has 0 fully saturated rings. The van der Waals surface area contributed by atoms with Crippen LogP contribution in [0.4, 0.5) is 0 Å². The van der Waals surface area contributed by atoms with Gasteiger partial charge in [-0.1, -0.05) is 51.7 Å². The molecule has 0 heterocycles. The lowest BCUT2D eigenvalue weighted by Gasteiger charge is -2.19. The van der Waals surface area contributed by atoms with Gasteiger partial charge in [0.05, 0.1) is 0 Å². The Balaban J connectivity index is 4.22. The van der Waals surface area contributed by atoms with Crippen molar-refractivity contribution in [1.29, 1.82) is 0 Å². The Morgan fingerprint density at radius 2 is 1.64 bits per heavy atom. The van der Waals surface area contributed by atoms with E-state index >= 15 is 0 Å². The first-order valence-corrected chi connectivity index (χ1v) is 6.19. The minimum absolute atomic E-state index is 0.775. The predicted molar refractivity (Wildman–Crippen MR) is 66.5 cm³/mol. The standard InChI is InChI=1S/C14H28/c1-7-9-12(4)14(6)13(5)10-11(3)8-2/h11,13H,7-10H2,1-6H3. The van der Waals surface area contributed by atoms with Crippen LogP contribution in [0, 0.1) is 11.8 Å². The molecule has 14 heavy (non-hydrogen) atoms. The third-order valence-corrected chi connectivity index (χ3v) is 3.49. The van der Waals surface area contributed by atoms with Gasteiger partial charge in [0.1, 0.15) is 0 Å². The van der Waals surface area contributed by atoms with Crippen molar-refractivity contribution in [3.8, 4) is 0 Å². The monoisotopic (exact) mass is 196 g/mol. The van der Waals surface area contributed by atoms with E-state index in [0.717, 1.165) is 11.8 Å². The molecule has 0 aromatic rings. The summed E-state index contributed by atoms with van der Waals surface area (Å²) in [6, 6.07) is 0. The molecule has 0 rings (SSSR count). The average molecular weight is 196 g/mol. The Bertz CT molecular complexity index is 176. The van der Waals surface area contributed by atoms with Crippen molar-refractivity contribution >= 4 is 0 Å². The highest BCUT2D eigenvalue weighted by Crippen LogP contribution is 2.25. The molecule has 0 aromatic carbocycles. The Labute approximate surface area is 90.8 Å². The van der Waals surface area contributed by atoms with Crippen molar-refractivity contribution < 1.29 is 0 Å². The van der Waals surface area contributed by atoms with Crippen LogP contribution in [0.15, 0.2) is 11.1 Å². The summed E-state index contributed by atoms with van der Waals surface area (Å²) >= 11 is 0. The third-order valence-electron chi connectivity index (χ3n) is 3.49. The molecule has 2 unspecified atom stereocenters. The summed E-state index contributed by atoms with van der Waals surface area (Å²) in [5.41, 5.74) is 3.25. The molecule has 0 nitrogen and oxygen atoms in total. The van der Waals surface area contributed by atoms with Gasteiger partial charge in [-0.3, -0.25) is 0 Å². The first-order valence-electron chi connectivity index (χ1n) is 6.19. The fourth-order valence-corrected chi connectivity index (χ4v) is 1.94.